The maximum Gasteiger partial charge on any atom is 0.223 e. The van der Waals surface area contributed by atoms with E-state index in [4.69, 9.17) is 9.26 Å². The zero-order valence-corrected chi connectivity index (χ0v) is 14.3. The minimum absolute atomic E-state index is 0.00988. The molecule has 24 heavy (non-hydrogen) atoms. The number of hydrogen-bond donors (Lipinski definition) is 0. The third-order valence-corrected chi connectivity index (χ3v) is 6.33. The van der Waals surface area contributed by atoms with Crippen molar-refractivity contribution in [1.29, 1.82) is 0 Å². The Balaban J connectivity index is 1.53. The average molecular weight is 358 g/mol. The van der Waals surface area contributed by atoms with Gasteiger partial charge in [-0.15, -0.1) is 0 Å². The molecule has 3 heterocycles. The SMILES string of the molecule is O=C(CCCS(=O)(=O)N1CCCC1)N1CCOCC1c1ncon1. The minimum Gasteiger partial charge on any atom is -0.377 e. The summed E-state index contributed by atoms with van der Waals surface area (Å²) in [6, 6.07) is -0.375. The van der Waals surface area contributed by atoms with Crippen molar-refractivity contribution in [3.05, 3.63) is 12.2 Å². The summed E-state index contributed by atoms with van der Waals surface area (Å²) in [7, 11) is -3.24. The number of ether oxygens (including phenoxy) is 1. The molecular weight excluding hydrogens is 336 g/mol. The van der Waals surface area contributed by atoms with Gasteiger partial charge in [-0.2, -0.15) is 4.98 Å². The Morgan fingerprint density at radius 1 is 1.29 bits per heavy atom. The molecule has 2 fully saturated rings. The lowest BCUT2D eigenvalue weighted by molar-refractivity contribution is -0.140. The van der Waals surface area contributed by atoms with Gasteiger partial charge < -0.3 is 14.2 Å². The fraction of sp³-hybridized carbons (Fsp3) is 0.786. The van der Waals surface area contributed by atoms with Gasteiger partial charge in [-0.1, -0.05) is 5.16 Å². The first kappa shape index (κ1) is 17.3. The van der Waals surface area contributed by atoms with Crippen LogP contribution in [0, 0.1) is 0 Å². The Kier molecular flexibility index (Phi) is 5.47. The third-order valence-electron chi connectivity index (χ3n) is 4.38. The smallest absolute Gasteiger partial charge is 0.223 e. The molecule has 0 aromatic carbocycles. The Hall–Kier alpha value is -1.52. The maximum atomic E-state index is 12.5. The molecule has 9 nitrogen and oxygen atoms in total. The Morgan fingerprint density at radius 3 is 2.79 bits per heavy atom. The van der Waals surface area contributed by atoms with Gasteiger partial charge >= 0.3 is 0 Å². The lowest BCUT2D eigenvalue weighted by Gasteiger charge is -2.33. The van der Waals surface area contributed by atoms with Gasteiger partial charge in [0.25, 0.3) is 0 Å². The van der Waals surface area contributed by atoms with E-state index in [1.54, 1.807) is 4.90 Å². The number of aromatic nitrogens is 2. The van der Waals surface area contributed by atoms with Crippen LogP contribution in [-0.2, 0) is 19.6 Å². The minimum atomic E-state index is -3.24. The molecule has 1 unspecified atom stereocenters. The standard InChI is InChI=1S/C14H22N4O5S/c19-13(4-3-9-24(20,21)17-5-1-2-6-17)18-7-8-22-10-12(18)14-15-11-23-16-14/h11-12H,1-10H2. The van der Waals surface area contributed by atoms with Gasteiger partial charge in [0.1, 0.15) is 6.04 Å². The highest BCUT2D eigenvalue weighted by atomic mass is 32.2. The fourth-order valence-electron chi connectivity index (χ4n) is 3.09. The van der Waals surface area contributed by atoms with Crippen LogP contribution in [0.2, 0.25) is 0 Å². The van der Waals surface area contributed by atoms with Gasteiger partial charge in [0.05, 0.1) is 19.0 Å². The van der Waals surface area contributed by atoms with Crippen molar-refractivity contribution in [3.63, 3.8) is 0 Å². The highest BCUT2D eigenvalue weighted by Gasteiger charge is 2.32. The van der Waals surface area contributed by atoms with Gasteiger partial charge in [-0.05, 0) is 19.3 Å². The number of morpholine rings is 1. The van der Waals surface area contributed by atoms with Crippen molar-refractivity contribution >= 4 is 15.9 Å². The van der Waals surface area contributed by atoms with Gasteiger partial charge in [-0.3, -0.25) is 4.79 Å². The molecule has 0 aliphatic carbocycles. The highest BCUT2D eigenvalue weighted by Crippen LogP contribution is 2.22. The molecule has 10 heteroatoms. The molecule has 1 amide bonds. The lowest BCUT2D eigenvalue weighted by Crippen LogP contribution is -2.44. The molecule has 2 aliphatic rings. The second-order valence-corrected chi connectivity index (χ2v) is 8.08. The first-order valence-corrected chi connectivity index (χ1v) is 9.80. The van der Waals surface area contributed by atoms with Crippen LogP contribution in [0.4, 0.5) is 0 Å². The maximum absolute atomic E-state index is 12.5. The van der Waals surface area contributed by atoms with Gasteiger partial charge in [0.15, 0.2) is 5.82 Å². The Morgan fingerprint density at radius 2 is 2.08 bits per heavy atom. The number of rotatable bonds is 6. The number of hydrogen-bond acceptors (Lipinski definition) is 7. The van der Waals surface area contributed by atoms with Crippen LogP contribution in [0.3, 0.4) is 0 Å². The van der Waals surface area contributed by atoms with Crippen LogP contribution in [0.25, 0.3) is 0 Å². The first-order valence-electron chi connectivity index (χ1n) is 8.19. The van der Waals surface area contributed by atoms with Crippen molar-refractivity contribution in [2.24, 2.45) is 0 Å². The van der Waals surface area contributed by atoms with Crippen molar-refractivity contribution in [2.75, 3.05) is 38.6 Å². The van der Waals surface area contributed by atoms with E-state index in [9.17, 15) is 13.2 Å². The Bertz CT molecular complexity index is 642. The van der Waals surface area contributed by atoms with Crippen LogP contribution < -0.4 is 0 Å². The van der Waals surface area contributed by atoms with E-state index in [1.165, 1.54) is 10.7 Å². The molecule has 2 aliphatic heterocycles. The van der Waals surface area contributed by atoms with Gasteiger partial charge in [0.2, 0.25) is 22.3 Å². The quantitative estimate of drug-likeness (QED) is 0.714. The third kappa shape index (κ3) is 3.93. The second-order valence-electron chi connectivity index (χ2n) is 5.99. The van der Waals surface area contributed by atoms with E-state index in [-0.39, 0.29) is 24.1 Å². The average Bonchev–Trinajstić information content (AvgIpc) is 3.28. The first-order chi connectivity index (χ1) is 11.6. The fourth-order valence-corrected chi connectivity index (χ4v) is 4.67. The summed E-state index contributed by atoms with van der Waals surface area (Å²) in [5.74, 6) is 0.313. The van der Waals surface area contributed by atoms with E-state index >= 15 is 0 Å². The van der Waals surface area contributed by atoms with Crippen molar-refractivity contribution < 1.29 is 22.5 Å². The topological polar surface area (TPSA) is 106 Å². The van der Waals surface area contributed by atoms with Gasteiger partial charge in [-0.25, -0.2) is 12.7 Å². The zero-order valence-electron chi connectivity index (χ0n) is 13.5. The highest BCUT2D eigenvalue weighted by molar-refractivity contribution is 7.89. The molecule has 0 spiro atoms. The number of sulfonamides is 1. The van der Waals surface area contributed by atoms with Gasteiger partial charge in [0, 0.05) is 26.1 Å². The summed E-state index contributed by atoms with van der Waals surface area (Å²) >= 11 is 0. The van der Waals surface area contributed by atoms with E-state index < -0.39 is 10.0 Å². The van der Waals surface area contributed by atoms with Crippen LogP contribution in [0.1, 0.15) is 37.5 Å². The predicted molar refractivity (Wildman–Crippen MR) is 83.4 cm³/mol. The zero-order chi connectivity index (χ0) is 17.0. The van der Waals surface area contributed by atoms with Crippen molar-refractivity contribution in [3.8, 4) is 0 Å². The lowest BCUT2D eigenvalue weighted by atomic mass is 10.2. The number of amides is 1. The van der Waals surface area contributed by atoms with E-state index in [0.29, 0.717) is 45.1 Å². The van der Waals surface area contributed by atoms with Crippen molar-refractivity contribution in [2.45, 2.75) is 31.7 Å². The number of nitrogens with zero attached hydrogens (tertiary/aromatic N) is 4. The normalized spacial score (nSPS) is 22.8. The molecule has 3 rings (SSSR count). The molecule has 0 bridgehead atoms. The Labute approximate surface area is 141 Å². The summed E-state index contributed by atoms with van der Waals surface area (Å²) in [6.45, 7) is 2.40. The molecule has 1 aromatic heterocycles. The summed E-state index contributed by atoms with van der Waals surface area (Å²) in [6.07, 6.45) is 3.54. The largest absolute Gasteiger partial charge is 0.377 e. The van der Waals surface area contributed by atoms with Crippen LogP contribution in [0.5, 0.6) is 0 Å². The molecule has 134 valence electrons. The van der Waals surface area contributed by atoms with Crippen LogP contribution >= 0.6 is 0 Å². The van der Waals surface area contributed by atoms with E-state index in [1.807, 2.05) is 0 Å². The molecule has 0 radical (unpaired) electrons. The molecule has 0 N–H and O–H groups in total. The molecular formula is C14H22N4O5S. The molecule has 1 aromatic rings. The molecule has 1 atom stereocenters. The summed E-state index contributed by atoms with van der Waals surface area (Å²) in [5, 5.41) is 3.78. The predicted octanol–water partition coefficient (Wildman–Crippen LogP) is 0.175. The van der Waals surface area contributed by atoms with Crippen LogP contribution in [-0.4, -0.2) is 72.3 Å². The second kappa shape index (κ2) is 7.58. The van der Waals surface area contributed by atoms with Crippen LogP contribution in [0.15, 0.2) is 10.9 Å². The summed E-state index contributed by atoms with van der Waals surface area (Å²) in [4.78, 5) is 18.1. The summed E-state index contributed by atoms with van der Waals surface area (Å²) in [5.41, 5.74) is 0. The van der Waals surface area contributed by atoms with Crippen molar-refractivity contribution in [1.82, 2.24) is 19.3 Å². The van der Waals surface area contributed by atoms with E-state index in [2.05, 4.69) is 10.1 Å². The number of carbonyl (C=O) groups excluding carboxylic acids is 1. The van der Waals surface area contributed by atoms with E-state index in [0.717, 1.165) is 12.8 Å². The summed E-state index contributed by atoms with van der Waals surface area (Å²) < 4.78 is 36.0. The molecule has 0 saturated carbocycles. The monoisotopic (exact) mass is 358 g/mol. The number of carbonyl (C=O) groups is 1. The molecule has 2 saturated heterocycles.